The number of carbonyl (C=O) groups is 3. The largest absolute Gasteiger partial charge is 0.464 e. The monoisotopic (exact) mass is 271 g/mol. The van der Waals surface area contributed by atoms with Gasteiger partial charge in [0.2, 0.25) is 5.91 Å². The number of nitrogens with one attached hydrogen (secondary N) is 1. The summed E-state index contributed by atoms with van der Waals surface area (Å²) >= 11 is 0. The van der Waals surface area contributed by atoms with Crippen molar-refractivity contribution < 1.29 is 23.9 Å². The van der Waals surface area contributed by atoms with Crippen molar-refractivity contribution in [2.75, 3.05) is 14.2 Å². The van der Waals surface area contributed by atoms with E-state index in [1.807, 2.05) is 5.32 Å². The van der Waals surface area contributed by atoms with E-state index in [1.54, 1.807) is 0 Å². The van der Waals surface area contributed by atoms with Crippen LogP contribution in [0, 0.1) is 0 Å². The average Bonchev–Trinajstić information content (AvgIpc) is 2.71. The quantitative estimate of drug-likeness (QED) is 0.615. The average molecular weight is 271 g/mol. The summed E-state index contributed by atoms with van der Waals surface area (Å²) in [6.07, 6.45) is 0. The van der Waals surface area contributed by atoms with Crippen LogP contribution in [-0.4, -0.2) is 47.1 Å². The lowest BCUT2D eigenvalue weighted by Gasteiger charge is -2.06. The Morgan fingerprint density at radius 3 is 2.58 bits per heavy atom. The number of nitrogens with zero attached hydrogens (tertiary/aromatic N) is 3. The summed E-state index contributed by atoms with van der Waals surface area (Å²) in [7, 11) is 2.60. The maximum atomic E-state index is 11.4. The molecule has 0 fully saturated rings. The first-order valence-electron chi connectivity index (χ1n) is 5.08. The minimum Gasteiger partial charge on any atom is -0.464 e. The van der Waals surface area contributed by atoms with Crippen molar-refractivity contribution in [3.05, 3.63) is 11.4 Å². The lowest BCUT2D eigenvalue weighted by molar-refractivity contribution is -0.120. The minimum absolute atomic E-state index is 0.00127. The van der Waals surface area contributed by atoms with Gasteiger partial charge in [-0.05, 0) is 0 Å². The predicted octanol–water partition coefficient (Wildman–Crippen LogP) is -1.59. The molecule has 10 nitrogen and oxygen atoms in total. The second-order valence-electron chi connectivity index (χ2n) is 3.38. The molecule has 104 valence electrons. The van der Waals surface area contributed by atoms with Crippen LogP contribution >= 0.6 is 0 Å². The molecule has 3 amide bonds. The summed E-state index contributed by atoms with van der Waals surface area (Å²) in [5, 5.41) is 9.09. The standard InChI is InChI=1S/C9H13N5O5/c1-18-4-5-7(8(16)19-2)12-13-14(5)3-6(15)11-9(10)17/h3-4H2,1-2H3,(H3,10,11,15,17). The van der Waals surface area contributed by atoms with Crippen molar-refractivity contribution in [2.24, 2.45) is 5.73 Å². The Balaban J connectivity index is 2.94. The van der Waals surface area contributed by atoms with Crippen LogP contribution in [0.3, 0.4) is 0 Å². The molecule has 3 N–H and O–H groups in total. The lowest BCUT2D eigenvalue weighted by Crippen LogP contribution is -2.37. The van der Waals surface area contributed by atoms with Gasteiger partial charge in [0.05, 0.1) is 19.4 Å². The smallest absolute Gasteiger partial charge is 0.360 e. The number of hydrogen-bond donors (Lipinski definition) is 2. The summed E-state index contributed by atoms with van der Waals surface area (Å²) in [4.78, 5) is 33.3. The van der Waals surface area contributed by atoms with Crippen LogP contribution in [0.15, 0.2) is 0 Å². The highest BCUT2D eigenvalue weighted by Crippen LogP contribution is 2.08. The maximum Gasteiger partial charge on any atom is 0.360 e. The summed E-state index contributed by atoms with van der Waals surface area (Å²) in [6, 6.07) is -0.980. The molecule has 0 saturated heterocycles. The number of methoxy groups -OCH3 is 2. The highest BCUT2D eigenvalue weighted by Gasteiger charge is 2.21. The molecule has 0 aliphatic heterocycles. The number of ether oxygens (including phenoxy) is 2. The van der Waals surface area contributed by atoms with Gasteiger partial charge in [-0.3, -0.25) is 10.1 Å². The number of rotatable bonds is 5. The van der Waals surface area contributed by atoms with Gasteiger partial charge in [-0.15, -0.1) is 5.10 Å². The van der Waals surface area contributed by atoms with Crippen molar-refractivity contribution >= 4 is 17.9 Å². The molecule has 0 radical (unpaired) electrons. The number of nitrogens with two attached hydrogens (primary N) is 1. The zero-order valence-corrected chi connectivity index (χ0v) is 10.4. The molecule has 0 unspecified atom stereocenters. The molecule has 0 saturated carbocycles. The highest BCUT2D eigenvalue weighted by molar-refractivity contribution is 5.93. The van der Waals surface area contributed by atoms with E-state index in [4.69, 9.17) is 10.5 Å². The van der Waals surface area contributed by atoms with Crippen molar-refractivity contribution in [1.29, 1.82) is 0 Å². The molecule has 0 aliphatic rings. The summed E-state index contributed by atoms with van der Waals surface area (Å²) in [5.41, 5.74) is 5.00. The summed E-state index contributed by atoms with van der Waals surface area (Å²) in [6.45, 7) is -0.326. The Labute approximate surface area is 107 Å². The Morgan fingerprint density at radius 2 is 2.05 bits per heavy atom. The van der Waals surface area contributed by atoms with E-state index in [0.29, 0.717) is 0 Å². The zero-order chi connectivity index (χ0) is 14.4. The third kappa shape index (κ3) is 3.74. The van der Waals surface area contributed by atoms with Gasteiger partial charge in [0.15, 0.2) is 5.69 Å². The summed E-state index contributed by atoms with van der Waals surface area (Å²) in [5.74, 6) is -1.39. The Bertz CT molecular complexity index is 497. The Hall–Kier alpha value is -2.49. The Kier molecular flexibility index (Phi) is 4.94. The molecule has 0 aromatic carbocycles. The van der Waals surface area contributed by atoms with Crippen LogP contribution in [-0.2, 0) is 27.4 Å². The predicted molar refractivity (Wildman–Crippen MR) is 59.8 cm³/mol. The maximum absolute atomic E-state index is 11.4. The third-order valence-electron chi connectivity index (χ3n) is 2.05. The number of hydrogen-bond acceptors (Lipinski definition) is 7. The van der Waals surface area contributed by atoms with Crippen molar-refractivity contribution in [1.82, 2.24) is 20.3 Å². The first kappa shape index (κ1) is 14.6. The van der Waals surface area contributed by atoms with Crippen LogP contribution in [0.1, 0.15) is 16.2 Å². The fourth-order valence-electron chi connectivity index (χ4n) is 1.31. The number of esters is 1. The molecular weight excluding hydrogens is 258 g/mol. The Morgan fingerprint density at radius 1 is 1.37 bits per heavy atom. The zero-order valence-electron chi connectivity index (χ0n) is 10.4. The lowest BCUT2D eigenvalue weighted by atomic mass is 10.3. The van der Waals surface area contributed by atoms with Crippen molar-refractivity contribution in [3.8, 4) is 0 Å². The SMILES string of the molecule is COCc1c(C(=O)OC)nnn1CC(=O)NC(N)=O. The van der Waals surface area contributed by atoms with Crippen LogP contribution in [0.5, 0.6) is 0 Å². The molecular formula is C9H13N5O5. The molecule has 0 atom stereocenters. The van der Waals surface area contributed by atoms with Gasteiger partial charge in [0, 0.05) is 7.11 Å². The van der Waals surface area contributed by atoms with Crippen molar-refractivity contribution in [3.63, 3.8) is 0 Å². The van der Waals surface area contributed by atoms with Crippen molar-refractivity contribution in [2.45, 2.75) is 13.2 Å². The van der Waals surface area contributed by atoms with E-state index in [9.17, 15) is 14.4 Å². The van der Waals surface area contributed by atoms with E-state index >= 15 is 0 Å². The number of primary amides is 1. The van der Waals surface area contributed by atoms with Crippen LogP contribution in [0.25, 0.3) is 0 Å². The number of carbonyl (C=O) groups excluding carboxylic acids is 3. The van der Waals surface area contributed by atoms with Gasteiger partial charge in [0.25, 0.3) is 0 Å². The molecule has 10 heteroatoms. The number of amides is 3. The van der Waals surface area contributed by atoms with Gasteiger partial charge in [-0.2, -0.15) is 0 Å². The van der Waals surface area contributed by atoms with Crippen LogP contribution in [0.4, 0.5) is 4.79 Å². The first-order chi connectivity index (χ1) is 8.99. The summed E-state index contributed by atoms with van der Waals surface area (Å²) < 4.78 is 10.5. The molecule has 0 spiro atoms. The number of urea groups is 1. The fourth-order valence-corrected chi connectivity index (χ4v) is 1.31. The minimum atomic E-state index is -0.980. The van der Waals surface area contributed by atoms with Gasteiger partial charge < -0.3 is 15.2 Å². The van der Waals surface area contributed by atoms with Crippen LogP contribution < -0.4 is 11.1 Å². The number of aromatic nitrogens is 3. The molecule has 1 aromatic rings. The third-order valence-corrected chi connectivity index (χ3v) is 2.05. The molecule has 1 aromatic heterocycles. The van der Waals surface area contributed by atoms with Gasteiger partial charge in [-0.25, -0.2) is 14.3 Å². The molecule has 1 rings (SSSR count). The molecule has 0 aliphatic carbocycles. The first-order valence-corrected chi connectivity index (χ1v) is 5.08. The van der Waals surface area contributed by atoms with Gasteiger partial charge in [-0.1, -0.05) is 5.21 Å². The van der Waals surface area contributed by atoms with Crippen LogP contribution in [0.2, 0.25) is 0 Å². The van der Waals surface area contributed by atoms with E-state index in [1.165, 1.54) is 14.2 Å². The van der Waals surface area contributed by atoms with Gasteiger partial charge in [0.1, 0.15) is 6.54 Å². The number of imide groups is 1. The second kappa shape index (κ2) is 6.44. The van der Waals surface area contributed by atoms with E-state index in [0.717, 1.165) is 4.68 Å². The van der Waals surface area contributed by atoms with Gasteiger partial charge >= 0.3 is 12.0 Å². The second-order valence-corrected chi connectivity index (χ2v) is 3.38. The van der Waals surface area contributed by atoms with E-state index in [2.05, 4.69) is 15.0 Å². The van der Waals surface area contributed by atoms with E-state index in [-0.39, 0.29) is 24.5 Å². The van der Waals surface area contributed by atoms with E-state index < -0.39 is 17.9 Å². The normalized spacial score (nSPS) is 10.0. The topological polar surface area (TPSA) is 138 Å². The fraction of sp³-hybridized carbons (Fsp3) is 0.444. The molecule has 0 bridgehead atoms. The highest BCUT2D eigenvalue weighted by atomic mass is 16.5. The molecule has 19 heavy (non-hydrogen) atoms. The molecule has 1 heterocycles.